The SMILES string of the molecule is Cc1c(C(=O)Nc2ccc(N3CCOCC3)c(Br)c2)cccc1[N+](=O)[O-]. The fourth-order valence-corrected chi connectivity index (χ4v) is 3.54. The van der Waals surface area contributed by atoms with E-state index in [0.717, 1.165) is 23.2 Å². The second kappa shape index (κ2) is 7.84. The van der Waals surface area contributed by atoms with Crippen LogP contribution in [0, 0.1) is 17.0 Å². The second-order valence-electron chi connectivity index (χ2n) is 5.93. The Morgan fingerprint density at radius 3 is 2.65 bits per heavy atom. The number of carbonyl (C=O) groups is 1. The van der Waals surface area contributed by atoms with E-state index in [1.54, 1.807) is 13.0 Å². The van der Waals surface area contributed by atoms with E-state index in [1.165, 1.54) is 12.1 Å². The first-order valence-corrected chi connectivity index (χ1v) is 8.94. The van der Waals surface area contributed by atoms with Crippen LogP contribution in [0.25, 0.3) is 0 Å². The Kier molecular flexibility index (Phi) is 5.53. The predicted octanol–water partition coefficient (Wildman–Crippen LogP) is 3.75. The Bertz CT molecular complexity index is 850. The third-order valence-electron chi connectivity index (χ3n) is 4.30. The van der Waals surface area contributed by atoms with Crippen LogP contribution in [-0.2, 0) is 4.74 Å². The zero-order valence-electron chi connectivity index (χ0n) is 14.2. The summed E-state index contributed by atoms with van der Waals surface area (Å²) in [7, 11) is 0. The first kappa shape index (κ1) is 18.3. The van der Waals surface area contributed by atoms with E-state index in [4.69, 9.17) is 4.74 Å². The van der Waals surface area contributed by atoms with Gasteiger partial charge in [-0.1, -0.05) is 6.07 Å². The zero-order chi connectivity index (χ0) is 18.7. The van der Waals surface area contributed by atoms with Gasteiger partial charge in [0.1, 0.15) is 0 Å². The summed E-state index contributed by atoms with van der Waals surface area (Å²) in [6, 6.07) is 10.1. The Morgan fingerprint density at radius 1 is 1.27 bits per heavy atom. The quantitative estimate of drug-likeness (QED) is 0.602. The van der Waals surface area contributed by atoms with Crippen LogP contribution in [0.15, 0.2) is 40.9 Å². The van der Waals surface area contributed by atoms with Crippen molar-refractivity contribution in [1.82, 2.24) is 0 Å². The molecular formula is C18H18BrN3O4. The molecule has 1 aliphatic rings. The van der Waals surface area contributed by atoms with Gasteiger partial charge in [-0.05, 0) is 47.1 Å². The maximum atomic E-state index is 12.5. The van der Waals surface area contributed by atoms with E-state index >= 15 is 0 Å². The highest BCUT2D eigenvalue weighted by atomic mass is 79.9. The molecule has 2 aromatic carbocycles. The number of hydrogen-bond acceptors (Lipinski definition) is 5. The van der Waals surface area contributed by atoms with Crippen LogP contribution in [0.5, 0.6) is 0 Å². The van der Waals surface area contributed by atoms with Crippen molar-refractivity contribution >= 4 is 38.9 Å². The van der Waals surface area contributed by atoms with Gasteiger partial charge in [-0.3, -0.25) is 14.9 Å². The molecule has 3 rings (SSSR count). The van der Waals surface area contributed by atoms with Crippen LogP contribution >= 0.6 is 15.9 Å². The molecule has 0 spiro atoms. The first-order valence-electron chi connectivity index (χ1n) is 8.15. The molecule has 0 unspecified atom stereocenters. The van der Waals surface area contributed by atoms with Crippen molar-refractivity contribution in [2.75, 3.05) is 36.5 Å². The molecule has 0 saturated carbocycles. The number of ether oxygens (including phenoxy) is 1. The summed E-state index contributed by atoms with van der Waals surface area (Å²) in [5.41, 5.74) is 2.22. The molecule has 0 bridgehead atoms. The summed E-state index contributed by atoms with van der Waals surface area (Å²) >= 11 is 3.55. The number of benzene rings is 2. The number of anilines is 2. The van der Waals surface area contributed by atoms with Crippen LogP contribution in [0.4, 0.5) is 17.1 Å². The maximum Gasteiger partial charge on any atom is 0.273 e. The average Bonchev–Trinajstić information content (AvgIpc) is 2.62. The highest BCUT2D eigenvalue weighted by Crippen LogP contribution is 2.30. The molecule has 1 N–H and O–H groups in total. The van der Waals surface area contributed by atoms with Gasteiger partial charge in [0.05, 0.1) is 23.8 Å². The minimum atomic E-state index is -0.486. The highest BCUT2D eigenvalue weighted by Gasteiger charge is 2.19. The van der Waals surface area contributed by atoms with Crippen molar-refractivity contribution in [2.45, 2.75) is 6.92 Å². The third kappa shape index (κ3) is 3.86. The number of nitro groups is 1. The molecule has 1 fully saturated rings. The molecule has 26 heavy (non-hydrogen) atoms. The predicted molar refractivity (Wildman–Crippen MR) is 103 cm³/mol. The van der Waals surface area contributed by atoms with Gasteiger partial charge in [0.2, 0.25) is 0 Å². The van der Waals surface area contributed by atoms with E-state index in [0.29, 0.717) is 24.5 Å². The summed E-state index contributed by atoms with van der Waals surface area (Å²) in [5, 5.41) is 13.8. The number of carbonyl (C=O) groups excluding carboxylic acids is 1. The number of morpholine rings is 1. The summed E-state index contributed by atoms with van der Waals surface area (Å²) in [4.78, 5) is 25.3. The molecule has 8 heteroatoms. The lowest BCUT2D eigenvalue weighted by Gasteiger charge is -2.29. The van der Waals surface area contributed by atoms with E-state index in [9.17, 15) is 14.9 Å². The molecule has 1 saturated heterocycles. The fourth-order valence-electron chi connectivity index (χ4n) is 2.91. The lowest BCUT2D eigenvalue weighted by Crippen LogP contribution is -2.36. The number of rotatable bonds is 4. The van der Waals surface area contributed by atoms with E-state index in [2.05, 4.69) is 26.1 Å². The minimum absolute atomic E-state index is 0.0681. The van der Waals surface area contributed by atoms with Gasteiger partial charge in [-0.15, -0.1) is 0 Å². The first-order chi connectivity index (χ1) is 12.5. The van der Waals surface area contributed by atoms with Crippen LogP contribution in [-0.4, -0.2) is 37.1 Å². The number of nitrogens with one attached hydrogen (secondary N) is 1. The molecule has 136 valence electrons. The molecule has 0 aromatic heterocycles. The van der Waals surface area contributed by atoms with Gasteiger partial charge in [0.15, 0.2) is 0 Å². The number of amides is 1. The van der Waals surface area contributed by atoms with Gasteiger partial charge in [-0.2, -0.15) is 0 Å². The molecule has 0 aliphatic carbocycles. The van der Waals surface area contributed by atoms with Crippen LogP contribution in [0.1, 0.15) is 15.9 Å². The standard InChI is InChI=1S/C18H18BrN3O4/c1-12-14(3-2-4-16(12)22(24)25)18(23)20-13-5-6-17(15(19)11-13)21-7-9-26-10-8-21/h2-6,11H,7-10H2,1H3,(H,20,23). The normalized spacial score (nSPS) is 14.2. The highest BCUT2D eigenvalue weighted by molar-refractivity contribution is 9.10. The van der Waals surface area contributed by atoms with Crippen molar-refractivity contribution in [3.05, 3.63) is 62.1 Å². The smallest absolute Gasteiger partial charge is 0.273 e. The molecule has 0 radical (unpaired) electrons. The molecule has 1 amide bonds. The summed E-state index contributed by atoms with van der Waals surface area (Å²) in [6.07, 6.45) is 0. The average molecular weight is 420 g/mol. The van der Waals surface area contributed by atoms with Gasteiger partial charge in [-0.25, -0.2) is 0 Å². The van der Waals surface area contributed by atoms with Crippen molar-refractivity contribution in [2.24, 2.45) is 0 Å². The van der Waals surface area contributed by atoms with Crippen molar-refractivity contribution in [3.63, 3.8) is 0 Å². The largest absolute Gasteiger partial charge is 0.378 e. The molecule has 7 nitrogen and oxygen atoms in total. The van der Waals surface area contributed by atoms with Crippen LogP contribution < -0.4 is 10.2 Å². The molecule has 2 aromatic rings. The molecular weight excluding hydrogens is 402 g/mol. The van der Waals surface area contributed by atoms with Crippen molar-refractivity contribution < 1.29 is 14.5 Å². The topological polar surface area (TPSA) is 84.7 Å². The van der Waals surface area contributed by atoms with Crippen LogP contribution in [0.3, 0.4) is 0 Å². The van der Waals surface area contributed by atoms with Crippen molar-refractivity contribution in [3.8, 4) is 0 Å². The number of hydrogen-bond donors (Lipinski definition) is 1. The maximum absolute atomic E-state index is 12.5. The van der Waals surface area contributed by atoms with Crippen molar-refractivity contribution in [1.29, 1.82) is 0 Å². The van der Waals surface area contributed by atoms with Gasteiger partial charge >= 0.3 is 0 Å². The Labute approximate surface area is 159 Å². The fraction of sp³-hybridized carbons (Fsp3) is 0.278. The lowest BCUT2D eigenvalue weighted by molar-refractivity contribution is -0.385. The monoisotopic (exact) mass is 419 g/mol. The minimum Gasteiger partial charge on any atom is -0.378 e. The number of halogens is 1. The zero-order valence-corrected chi connectivity index (χ0v) is 15.8. The lowest BCUT2D eigenvalue weighted by atomic mass is 10.1. The molecule has 0 atom stereocenters. The number of nitro benzene ring substituents is 1. The summed E-state index contributed by atoms with van der Waals surface area (Å²) in [6.45, 7) is 4.59. The summed E-state index contributed by atoms with van der Waals surface area (Å²) < 4.78 is 6.23. The molecule has 1 heterocycles. The Morgan fingerprint density at radius 2 is 2.00 bits per heavy atom. The molecule has 1 aliphatic heterocycles. The number of nitrogens with zero attached hydrogens (tertiary/aromatic N) is 2. The second-order valence-corrected chi connectivity index (χ2v) is 6.78. The Hall–Kier alpha value is -2.45. The summed E-state index contributed by atoms with van der Waals surface area (Å²) in [5.74, 6) is -0.378. The van der Waals surface area contributed by atoms with Gasteiger partial charge in [0.25, 0.3) is 11.6 Å². The van der Waals surface area contributed by atoms with E-state index in [1.807, 2.05) is 18.2 Å². The van der Waals surface area contributed by atoms with Gasteiger partial charge < -0.3 is 15.0 Å². The van der Waals surface area contributed by atoms with E-state index in [-0.39, 0.29) is 17.2 Å². The van der Waals surface area contributed by atoms with E-state index < -0.39 is 4.92 Å². The van der Waals surface area contributed by atoms with Gasteiger partial charge in [0, 0.05) is 40.4 Å². The Balaban J connectivity index is 1.79. The van der Waals surface area contributed by atoms with Crippen LogP contribution in [0.2, 0.25) is 0 Å². The third-order valence-corrected chi connectivity index (χ3v) is 4.94.